The lowest BCUT2D eigenvalue weighted by Crippen LogP contribution is -2.07. The highest BCUT2D eigenvalue weighted by Gasteiger charge is 2.15. The van der Waals surface area contributed by atoms with Crippen LogP contribution >= 0.6 is 15.9 Å². The average Bonchev–Trinajstić information content (AvgIpc) is 2.16. The van der Waals surface area contributed by atoms with Crippen molar-refractivity contribution in [2.75, 3.05) is 7.11 Å². The third-order valence-corrected chi connectivity index (χ3v) is 2.15. The van der Waals surface area contributed by atoms with Crippen molar-refractivity contribution >= 4 is 27.5 Å². The van der Waals surface area contributed by atoms with Crippen molar-refractivity contribution in [3.8, 4) is 5.88 Å². The zero-order valence-corrected chi connectivity index (χ0v) is 10.00. The molecule has 0 atom stereocenters. The fraction of sp³-hybridized carbons (Fsp3) is 0.300. The van der Waals surface area contributed by atoms with Crippen molar-refractivity contribution in [1.82, 2.24) is 4.98 Å². The molecule has 1 aromatic heterocycles. The maximum atomic E-state index is 11.6. The van der Waals surface area contributed by atoms with E-state index >= 15 is 0 Å². The zero-order valence-electron chi connectivity index (χ0n) is 8.41. The largest absolute Gasteiger partial charge is 0.480 e. The number of methoxy groups -OCH3 is 1. The van der Waals surface area contributed by atoms with Gasteiger partial charge in [0.05, 0.1) is 19.1 Å². The molecule has 0 fully saturated rings. The summed E-state index contributed by atoms with van der Waals surface area (Å²) in [6.07, 6.45) is 1.40. The Morgan fingerprint density at radius 3 is 2.73 bits per heavy atom. The molecule has 15 heavy (non-hydrogen) atoms. The van der Waals surface area contributed by atoms with Gasteiger partial charge in [0.15, 0.2) is 5.78 Å². The summed E-state index contributed by atoms with van der Waals surface area (Å²) in [6, 6.07) is 1.59. The molecule has 0 spiro atoms. The van der Waals surface area contributed by atoms with Crippen LogP contribution in [0.5, 0.6) is 5.88 Å². The first-order chi connectivity index (χ1) is 7.04. The number of carbonyl (C=O) groups is 2. The Labute approximate surface area is 95.8 Å². The van der Waals surface area contributed by atoms with Crippen molar-refractivity contribution in [2.45, 2.75) is 13.3 Å². The van der Waals surface area contributed by atoms with E-state index in [1.807, 2.05) is 0 Å². The molecule has 4 nitrogen and oxygen atoms in total. The van der Waals surface area contributed by atoms with Gasteiger partial charge in [-0.3, -0.25) is 9.59 Å². The summed E-state index contributed by atoms with van der Waals surface area (Å²) in [5.74, 6) is -0.223. The lowest BCUT2D eigenvalue weighted by molar-refractivity contribution is -0.116. The molecule has 0 aromatic carbocycles. The first-order valence-electron chi connectivity index (χ1n) is 4.26. The summed E-state index contributed by atoms with van der Waals surface area (Å²) in [5, 5.41) is 0. The normalized spacial score (nSPS) is 9.80. The van der Waals surface area contributed by atoms with E-state index < -0.39 is 0 Å². The SMILES string of the molecule is COc1ncc(Br)cc1C(=O)CC(C)=O. The first kappa shape index (κ1) is 11.8. The van der Waals surface area contributed by atoms with Crippen molar-refractivity contribution in [1.29, 1.82) is 0 Å². The summed E-state index contributed by atoms with van der Waals surface area (Å²) in [6.45, 7) is 1.37. The molecule has 0 aliphatic heterocycles. The van der Waals surface area contributed by atoms with Gasteiger partial charge in [-0.1, -0.05) is 0 Å². The van der Waals surface area contributed by atoms with Crippen LogP contribution in [0.25, 0.3) is 0 Å². The molecule has 0 aliphatic carbocycles. The Morgan fingerprint density at radius 1 is 1.53 bits per heavy atom. The van der Waals surface area contributed by atoms with E-state index in [1.165, 1.54) is 20.2 Å². The van der Waals surface area contributed by atoms with Crippen molar-refractivity contribution in [3.05, 3.63) is 22.3 Å². The minimum atomic E-state index is -0.284. The second-order valence-corrected chi connectivity index (χ2v) is 3.93. The Balaban J connectivity index is 3.05. The summed E-state index contributed by atoms with van der Waals surface area (Å²) in [4.78, 5) is 26.4. The molecule has 1 heterocycles. The van der Waals surface area contributed by atoms with Crippen LogP contribution in [0.2, 0.25) is 0 Å². The minimum absolute atomic E-state index is 0.130. The van der Waals surface area contributed by atoms with Gasteiger partial charge < -0.3 is 4.74 Å². The Morgan fingerprint density at radius 2 is 2.20 bits per heavy atom. The Kier molecular flexibility index (Phi) is 3.96. The van der Waals surface area contributed by atoms with Gasteiger partial charge in [0.1, 0.15) is 5.78 Å². The van der Waals surface area contributed by atoms with Crippen LogP contribution in [0, 0.1) is 0 Å². The Bertz CT molecular complexity index is 404. The molecule has 0 saturated carbocycles. The summed E-state index contributed by atoms with van der Waals surface area (Å²) >= 11 is 3.20. The highest BCUT2D eigenvalue weighted by atomic mass is 79.9. The second kappa shape index (κ2) is 5.02. The molecule has 5 heteroatoms. The molecule has 0 unspecified atom stereocenters. The van der Waals surface area contributed by atoms with Gasteiger partial charge in [0.25, 0.3) is 0 Å². The second-order valence-electron chi connectivity index (χ2n) is 3.01. The number of rotatable bonds is 4. The van der Waals surface area contributed by atoms with Crippen LogP contribution in [0.1, 0.15) is 23.7 Å². The number of hydrogen-bond donors (Lipinski definition) is 0. The molecule has 0 radical (unpaired) electrons. The lowest BCUT2D eigenvalue weighted by atomic mass is 10.1. The van der Waals surface area contributed by atoms with Crippen molar-refractivity contribution in [3.63, 3.8) is 0 Å². The fourth-order valence-electron chi connectivity index (χ4n) is 1.11. The van der Waals surface area contributed by atoms with E-state index in [2.05, 4.69) is 20.9 Å². The number of Topliss-reactive ketones (excluding diaryl/α,β-unsaturated/α-hetero) is 2. The molecule has 0 amide bonds. The van der Waals surface area contributed by atoms with Crippen LogP contribution in [0.4, 0.5) is 0 Å². The molecule has 1 aromatic rings. The number of ether oxygens (including phenoxy) is 1. The van der Waals surface area contributed by atoms with E-state index in [1.54, 1.807) is 6.07 Å². The smallest absolute Gasteiger partial charge is 0.224 e. The van der Waals surface area contributed by atoms with Crippen LogP contribution < -0.4 is 4.74 Å². The molecule has 0 saturated heterocycles. The number of carbonyl (C=O) groups excluding carboxylic acids is 2. The van der Waals surface area contributed by atoms with Gasteiger partial charge in [-0.05, 0) is 28.9 Å². The number of nitrogens with zero attached hydrogens (tertiary/aromatic N) is 1. The quantitative estimate of drug-likeness (QED) is 0.621. The standard InChI is InChI=1S/C10H10BrNO3/c1-6(13)3-9(14)8-4-7(11)5-12-10(8)15-2/h4-5H,3H2,1-2H3. The zero-order chi connectivity index (χ0) is 11.4. The maximum Gasteiger partial charge on any atom is 0.224 e. The first-order valence-corrected chi connectivity index (χ1v) is 5.06. The number of aromatic nitrogens is 1. The predicted octanol–water partition coefficient (Wildman–Crippen LogP) is 2.01. The maximum absolute atomic E-state index is 11.6. The van der Waals surface area contributed by atoms with Crippen LogP contribution in [0.15, 0.2) is 16.7 Å². The lowest BCUT2D eigenvalue weighted by Gasteiger charge is -2.05. The third kappa shape index (κ3) is 3.13. The van der Waals surface area contributed by atoms with Crippen molar-refractivity contribution < 1.29 is 14.3 Å². The van der Waals surface area contributed by atoms with Gasteiger partial charge in [0.2, 0.25) is 5.88 Å². The van der Waals surface area contributed by atoms with Gasteiger partial charge in [0, 0.05) is 10.7 Å². The average molecular weight is 272 g/mol. The molecule has 80 valence electrons. The predicted molar refractivity (Wildman–Crippen MR) is 58.1 cm³/mol. The Hall–Kier alpha value is -1.23. The summed E-state index contributed by atoms with van der Waals surface area (Å²) in [7, 11) is 1.43. The van der Waals surface area contributed by atoms with E-state index in [0.717, 1.165) is 0 Å². The third-order valence-electron chi connectivity index (χ3n) is 1.72. The number of pyridine rings is 1. The topological polar surface area (TPSA) is 56.3 Å². The molecule has 1 rings (SSSR count). The minimum Gasteiger partial charge on any atom is -0.480 e. The molecular formula is C10H10BrNO3. The molecule has 0 aliphatic rings. The van der Waals surface area contributed by atoms with E-state index in [9.17, 15) is 9.59 Å². The number of hydrogen-bond acceptors (Lipinski definition) is 4. The van der Waals surface area contributed by atoms with Crippen LogP contribution in [0.3, 0.4) is 0 Å². The summed E-state index contributed by atoms with van der Waals surface area (Å²) in [5.41, 5.74) is 0.321. The highest BCUT2D eigenvalue weighted by Crippen LogP contribution is 2.21. The monoisotopic (exact) mass is 271 g/mol. The van der Waals surface area contributed by atoms with Crippen LogP contribution in [-0.2, 0) is 4.79 Å². The fourth-order valence-corrected chi connectivity index (χ4v) is 1.44. The summed E-state index contributed by atoms with van der Waals surface area (Å²) < 4.78 is 5.62. The van der Waals surface area contributed by atoms with Gasteiger partial charge >= 0.3 is 0 Å². The molecule has 0 N–H and O–H groups in total. The van der Waals surface area contributed by atoms with E-state index in [4.69, 9.17) is 4.74 Å². The highest BCUT2D eigenvalue weighted by molar-refractivity contribution is 9.10. The van der Waals surface area contributed by atoms with E-state index in [0.29, 0.717) is 10.0 Å². The number of halogens is 1. The van der Waals surface area contributed by atoms with Gasteiger partial charge in [-0.15, -0.1) is 0 Å². The van der Waals surface area contributed by atoms with Gasteiger partial charge in [-0.25, -0.2) is 4.98 Å². The number of ketones is 2. The molecule has 0 bridgehead atoms. The van der Waals surface area contributed by atoms with Gasteiger partial charge in [-0.2, -0.15) is 0 Å². The molecular weight excluding hydrogens is 262 g/mol. The van der Waals surface area contributed by atoms with E-state index in [-0.39, 0.29) is 23.9 Å². The van der Waals surface area contributed by atoms with Crippen molar-refractivity contribution in [2.24, 2.45) is 0 Å². The van der Waals surface area contributed by atoms with Crippen LogP contribution in [-0.4, -0.2) is 23.7 Å².